The third-order valence-electron chi connectivity index (χ3n) is 3.58. The molecule has 2 aliphatic carbocycles. The van der Waals surface area contributed by atoms with E-state index in [1.807, 2.05) is 0 Å². The molecule has 4 nitrogen and oxygen atoms in total. The van der Waals surface area contributed by atoms with Crippen molar-refractivity contribution in [1.29, 1.82) is 0 Å². The zero-order valence-corrected chi connectivity index (χ0v) is 7.12. The molecule has 2 bridgehead atoms. The highest BCUT2D eigenvalue weighted by atomic mass is 16.4. The van der Waals surface area contributed by atoms with Crippen LogP contribution < -0.4 is 10.2 Å². The molecule has 3 atom stereocenters. The lowest BCUT2D eigenvalue weighted by Gasteiger charge is -2.36. The maximum absolute atomic E-state index is 10.9. The van der Waals surface area contributed by atoms with E-state index in [1.54, 1.807) is 0 Å². The van der Waals surface area contributed by atoms with Crippen molar-refractivity contribution in [2.75, 3.05) is 0 Å². The van der Waals surface area contributed by atoms with Crippen molar-refractivity contribution in [2.45, 2.75) is 25.7 Å². The average molecular weight is 182 g/mol. The molecule has 13 heavy (non-hydrogen) atoms. The molecular weight excluding hydrogens is 172 g/mol. The Hall–Kier alpha value is -1.06. The summed E-state index contributed by atoms with van der Waals surface area (Å²) in [5.74, 6) is -3.01. The number of fused-ring (bicyclic) bond motifs is 2. The number of hydrogen-bond acceptors (Lipinski definition) is 4. The Morgan fingerprint density at radius 2 is 2.00 bits per heavy atom. The molecule has 72 valence electrons. The second kappa shape index (κ2) is 2.47. The average Bonchev–Trinajstić information content (AvgIpc) is 2.60. The van der Waals surface area contributed by atoms with Crippen LogP contribution in [0, 0.1) is 17.3 Å². The number of carboxylic acid groups (broad SMARTS) is 2. The first-order valence-corrected chi connectivity index (χ1v) is 4.48. The lowest BCUT2D eigenvalue weighted by atomic mass is 9.75. The van der Waals surface area contributed by atoms with E-state index in [2.05, 4.69) is 0 Å². The first kappa shape index (κ1) is 8.53. The number of aliphatic carboxylic acids is 2. The molecule has 2 saturated carbocycles. The van der Waals surface area contributed by atoms with E-state index in [-0.39, 0.29) is 5.92 Å². The Labute approximate surface area is 75.6 Å². The van der Waals surface area contributed by atoms with Crippen LogP contribution in [0.5, 0.6) is 0 Å². The van der Waals surface area contributed by atoms with Gasteiger partial charge in [0.1, 0.15) is 0 Å². The fourth-order valence-electron chi connectivity index (χ4n) is 2.91. The van der Waals surface area contributed by atoms with Crippen molar-refractivity contribution in [3.63, 3.8) is 0 Å². The fraction of sp³-hybridized carbons (Fsp3) is 0.778. The van der Waals surface area contributed by atoms with Crippen LogP contribution in [0.2, 0.25) is 0 Å². The summed E-state index contributed by atoms with van der Waals surface area (Å²) < 4.78 is 0. The molecular formula is C9H10O4-2. The lowest BCUT2D eigenvalue weighted by molar-refractivity contribution is -0.333. The quantitative estimate of drug-likeness (QED) is 0.509. The van der Waals surface area contributed by atoms with Gasteiger partial charge in [-0.3, -0.25) is 0 Å². The van der Waals surface area contributed by atoms with Crippen LogP contribution >= 0.6 is 0 Å². The number of hydrogen-bond donors (Lipinski definition) is 0. The van der Waals surface area contributed by atoms with E-state index in [0.717, 1.165) is 6.42 Å². The molecule has 0 spiro atoms. The van der Waals surface area contributed by atoms with Gasteiger partial charge in [0.15, 0.2) is 0 Å². The van der Waals surface area contributed by atoms with Crippen molar-refractivity contribution in [3.8, 4) is 0 Å². The first-order chi connectivity index (χ1) is 6.06. The standard InChI is InChI=1S/C9H12O4/c10-7(11)6-3-5-1-2-9(6,4-5)8(12)13/h5-6H,1-4H2,(H,10,11)(H,12,13)/p-2. The summed E-state index contributed by atoms with van der Waals surface area (Å²) in [5, 5.41) is 21.6. The number of rotatable bonds is 2. The Kier molecular flexibility index (Phi) is 1.62. The van der Waals surface area contributed by atoms with Crippen LogP contribution in [0.15, 0.2) is 0 Å². The largest absolute Gasteiger partial charge is 0.550 e. The van der Waals surface area contributed by atoms with Crippen molar-refractivity contribution in [1.82, 2.24) is 0 Å². The molecule has 2 rings (SSSR count). The van der Waals surface area contributed by atoms with Crippen LogP contribution in [0.4, 0.5) is 0 Å². The topological polar surface area (TPSA) is 80.3 Å². The monoisotopic (exact) mass is 182 g/mol. The number of carbonyl (C=O) groups excluding carboxylic acids is 2. The SMILES string of the molecule is O=C([O-])C1CC2CCC1(C(=O)[O-])C2. The van der Waals surface area contributed by atoms with E-state index in [1.165, 1.54) is 0 Å². The molecule has 4 heteroatoms. The second-order valence-electron chi connectivity index (χ2n) is 4.16. The summed E-state index contributed by atoms with van der Waals surface area (Å²) in [7, 11) is 0. The maximum atomic E-state index is 10.9. The summed E-state index contributed by atoms with van der Waals surface area (Å²) in [6, 6.07) is 0. The molecule has 3 unspecified atom stereocenters. The van der Waals surface area contributed by atoms with Gasteiger partial charge in [-0.2, -0.15) is 0 Å². The molecule has 0 N–H and O–H groups in total. The van der Waals surface area contributed by atoms with E-state index < -0.39 is 23.3 Å². The zero-order chi connectivity index (χ0) is 9.64. The van der Waals surface area contributed by atoms with Gasteiger partial charge in [-0.05, 0) is 31.6 Å². The van der Waals surface area contributed by atoms with Gasteiger partial charge in [0, 0.05) is 23.3 Å². The highest BCUT2D eigenvalue weighted by Gasteiger charge is 2.53. The second-order valence-corrected chi connectivity index (χ2v) is 4.16. The van der Waals surface area contributed by atoms with Crippen molar-refractivity contribution in [3.05, 3.63) is 0 Å². The molecule has 0 heterocycles. The van der Waals surface area contributed by atoms with Gasteiger partial charge >= 0.3 is 0 Å². The summed E-state index contributed by atoms with van der Waals surface area (Å²) in [4.78, 5) is 21.6. The molecule has 2 aliphatic rings. The van der Waals surface area contributed by atoms with E-state index >= 15 is 0 Å². The van der Waals surface area contributed by atoms with Gasteiger partial charge in [0.05, 0.1) is 0 Å². The van der Waals surface area contributed by atoms with E-state index in [0.29, 0.717) is 19.3 Å². The van der Waals surface area contributed by atoms with E-state index in [4.69, 9.17) is 0 Å². The molecule has 0 aromatic heterocycles. The van der Waals surface area contributed by atoms with Crippen LogP contribution in [-0.2, 0) is 9.59 Å². The molecule has 0 radical (unpaired) electrons. The van der Waals surface area contributed by atoms with Crippen LogP contribution in [0.3, 0.4) is 0 Å². The maximum Gasteiger partial charge on any atom is 0.0482 e. The molecule has 0 aliphatic heterocycles. The highest BCUT2D eigenvalue weighted by molar-refractivity contribution is 5.82. The van der Waals surface area contributed by atoms with Crippen molar-refractivity contribution < 1.29 is 19.8 Å². The summed E-state index contributed by atoms with van der Waals surface area (Å²) in [6.07, 6.45) is 2.18. The predicted octanol–water partition coefficient (Wildman–Crippen LogP) is -1.71. The van der Waals surface area contributed by atoms with Gasteiger partial charge in [-0.1, -0.05) is 0 Å². The summed E-state index contributed by atoms with van der Waals surface area (Å²) >= 11 is 0. The molecule has 0 aromatic rings. The normalized spacial score (nSPS) is 42.2. The third-order valence-corrected chi connectivity index (χ3v) is 3.58. The minimum atomic E-state index is -1.23. The Bertz CT molecular complexity index is 273. The molecule has 0 amide bonds. The van der Waals surface area contributed by atoms with Gasteiger partial charge in [0.25, 0.3) is 0 Å². The molecule has 2 fully saturated rings. The molecule has 0 saturated heterocycles. The number of carbonyl (C=O) groups is 2. The van der Waals surface area contributed by atoms with E-state index in [9.17, 15) is 19.8 Å². The first-order valence-electron chi connectivity index (χ1n) is 4.48. The minimum absolute atomic E-state index is 0.251. The van der Waals surface area contributed by atoms with Gasteiger partial charge in [0.2, 0.25) is 0 Å². The Balaban J connectivity index is 2.32. The zero-order valence-electron chi connectivity index (χ0n) is 7.12. The predicted molar refractivity (Wildman–Crippen MR) is 37.9 cm³/mol. The number of carboxylic acids is 2. The summed E-state index contributed by atoms with van der Waals surface area (Å²) in [6.45, 7) is 0. The van der Waals surface area contributed by atoms with Crippen LogP contribution in [0.1, 0.15) is 25.7 Å². The fourth-order valence-corrected chi connectivity index (χ4v) is 2.91. The Morgan fingerprint density at radius 1 is 1.31 bits per heavy atom. The Morgan fingerprint density at radius 3 is 2.38 bits per heavy atom. The van der Waals surface area contributed by atoms with Gasteiger partial charge in [-0.15, -0.1) is 0 Å². The lowest BCUT2D eigenvalue weighted by Crippen LogP contribution is -2.50. The van der Waals surface area contributed by atoms with Crippen molar-refractivity contribution in [2.24, 2.45) is 17.3 Å². The van der Waals surface area contributed by atoms with Crippen molar-refractivity contribution >= 4 is 11.9 Å². The highest BCUT2D eigenvalue weighted by Crippen LogP contribution is 2.57. The van der Waals surface area contributed by atoms with Crippen LogP contribution in [-0.4, -0.2) is 11.9 Å². The van der Waals surface area contributed by atoms with Gasteiger partial charge in [-0.25, -0.2) is 0 Å². The van der Waals surface area contributed by atoms with Crippen LogP contribution in [0.25, 0.3) is 0 Å². The van der Waals surface area contributed by atoms with Gasteiger partial charge < -0.3 is 19.8 Å². The smallest absolute Gasteiger partial charge is 0.0482 e. The molecule has 0 aromatic carbocycles. The summed E-state index contributed by atoms with van der Waals surface area (Å²) in [5.41, 5.74) is -1.11. The minimum Gasteiger partial charge on any atom is -0.550 e. The third kappa shape index (κ3) is 0.975.